The summed E-state index contributed by atoms with van der Waals surface area (Å²) in [6.07, 6.45) is 1.33. The lowest BCUT2D eigenvalue weighted by Gasteiger charge is -2.17. The molecule has 1 atom stereocenters. The summed E-state index contributed by atoms with van der Waals surface area (Å²) in [5.74, 6) is -0.366. The first-order chi connectivity index (χ1) is 9.61. The van der Waals surface area contributed by atoms with Crippen molar-refractivity contribution >= 4 is 5.91 Å². The molecule has 1 amide bonds. The van der Waals surface area contributed by atoms with Crippen molar-refractivity contribution in [1.82, 2.24) is 25.5 Å². The fourth-order valence-corrected chi connectivity index (χ4v) is 1.87. The van der Waals surface area contributed by atoms with Crippen LogP contribution in [0.5, 0.6) is 5.75 Å². The monoisotopic (exact) mass is 279 g/mol. The van der Waals surface area contributed by atoms with E-state index in [1.807, 2.05) is 0 Å². The van der Waals surface area contributed by atoms with Crippen molar-refractivity contribution in [2.24, 2.45) is 0 Å². The zero-order valence-electron chi connectivity index (χ0n) is 11.1. The first-order valence-electron chi connectivity index (χ1n) is 5.94. The van der Waals surface area contributed by atoms with E-state index in [1.54, 1.807) is 19.1 Å². The van der Waals surface area contributed by atoms with E-state index in [9.17, 15) is 9.18 Å². The van der Waals surface area contributed by atoms with Crippen LogP contribution < -0.4 is 10.1 Å². The summed E-state index contributed by atoms with van der Waals surface area (Å²) in [6, 6.07) is 3.98. The Morgan fingerprint density at radius 2 is 2.35 bits per heavy atom. The third-order valence-electron chi connectivity index (χ3n) is 2.74. The fourth-order valence-electron chi connectivity index (χ4n) is 1.87. The molecule has 20 heavy (non-hydrogen) atoms. The van der Waals surface area contributed by atoms with Crippen LogP contribution in [0.25, 0.3) is 0 Å². The lowest BCUT2D eigenvalue weighted by atomic mass is 10.1. The number of aromatic nitrogens is 4. The van der Waals surface area contributed by atoms with Crippen molar-refractivity contribution in [3.63, 3.8) is 0 Å². The van der Waals surface area contributed by atoms with E-state index < -0.39 is 11.9 Å². The Kier molecular flexibility index (Phi) is 4.24. The Hall–Kier alpha value is -2.51. The maximum absolute atomic E-state index is 13.8. The van der Waals surface area contributed by atoms with Gasteiger partial charge in [0, 0.05) is 0 Å². The quantitative estimate of drug-likeness (QED) is 0.871. The molecule has 2 rings (SSSR count). The van der Waals surface area contributed by atoms with Gasteiger partial charge in [0.25, 0.3) is 0 Å². The minimum atomic E-state index is -0.532. The highest BCUT2D eigenvalue weighted by molar-refractivity contribution is 5.76. The number of nitrogens with zero attached hydrogens (tertiary/aromatic N) is 4. The van der Waals surface area contributed by atoms with Gasteiger partial charge in [-0.3, -0.25) is 4.79 Å². The number of rotatable bonds is 5. The predicted molar refractivity (Wildman–Crippen MR) is 67.3 cm³/mol. The molecule has 0 saturated carbocycles. The molecule has 8 heteroatoms. The number of amides is 1. The maximum Gasteiger partial charge on any atom is 0.242 e. The molecule has 2 aromatic rings. The zero-order chi connectivity index (χ0) is 14.5. The minimum Gasteiger partial charge on any atom is -0.496 e. The van der Waals surface area contributed by atoms with E-state index in [4.69, 9.17) is 4.74 Å². The summed E-state index contributed by atoms with van der Waals surface area (Å²) >= 11 is 0. The van der Waals surface area contributed by atoms with Crippen molar-refractivity contribution < 1.29 is 13.9 Å². The SMILES string of the molecule is COc1cccc(F)c1[C@H](C)NC(=O)Cn1cnnn1. The first-order valence-corrected chi connectivity index (χ1v) is 5.94. The molecule has 0 aliphatic heterocycles. The number of tetrazole rings is 1. The third kappa shape index (κ3) is 3.08. The van der Waals surface area contributed by atoms with Gasteiger partial charge < -0.3 is 10.1 Å². The Balaban J connectivity index is 2.08. The van der Waals surface area contributed by atoms with Crippen LogP contribution in [0.2, 0.25) is 0 Å². The number of methoxy groups -OCH3 is 1. The average Bonchev–Trinajstić information content (AvgIpc) is 2.90. The molecule has 106 valence electrons. The van der Waals surface area contributed by atoms with Crippen molar-refractivity contribution in [3.8, 4) is 5.75 Å². The van der Waals surface area contributed by atoms with Gasteiger partial charge in [-0.2, -0.15) is 0 Å². The van der Waals surface area contributed by atoms with Gasteiger partial charge in [0.05, 0.1) is 18.7 Å². The Morgan fingerprint density at radius 1 is 1.55 bits per heavy atom. The number of hydrogen-bond donors (Lipinski definition) is 1. The zero-order valence-corrected chi connectivity index (χ0v) is 11.1. The van der Waals surface area contributed by atoms with Gasteiger partial charge in [-0.15, -0.1) is 5.10 Å². The molecule has 0 bridgehead atoms. The first kappa shape index (κ1) is 13.9. The summed E-state index contributed by atoms with van der Waals surface area (Å²) < 4.78 is 20.2. The van der Waals surface area contributed by atoms with Crippen LogP contribution in [0.15, 0.2) is 24.5 Å². The van der Waals surface area contributed by atoms with Crippen molar-refractivity contribution in [2.75, 3.05) is 7.11 Å². The summed E-state index contributed by atoms with van der Waals surface area (Å²) in [7, 11) is 1.45. The van der Waals surface area contributed by atoms with Gasteiger partial charge in [0.15, 0.2) is 0 Å². The van der Waals surface area contributed by atoms with Gasteiger partial charge >= 0.3 is 0 Å². The Morgan fingerprint density at radius 3 is 3.00 bits per heavy atom. The Labute approximate surface area is 114 Å². The van der Waals surface area contributed by atoms with Crippen LogP contribution in [0.3, 0.4) is 0 Å². The van der Waals surface area contributed by atoms with Gasteiger partial charge in [0.2, 0.25) is 5.91 Å². The number of carbonyl (C=O) groups excluding carboxylic acids is 1. The minimum absolute atomic E-state index is 0.0336. The van der Waals surface area contributed by atoms with E-state index in [2.05, 4.69) is 20.8 Å². The molecule has 0 spiro atoms. The second-order valence-corrected chi connectivity index (χ2v) is 4.15. The van der Waals surface area contributed by atoms with Gasteiger partial charge in [0.1, 0.15) is 24.4 Å². The molecule has 1 N–H and O–H groups in total. The number of halogens is 1. The molecule has 0 aliphatic carbocycles. The van der Waals surface area contributed by atoms with E-state index in [1.165, 1.54) is 24.2 Å². The molecule has 0 aliphatic rings. The highest BCUT2D eigenvalue weighted by Gasteiger charge is 2.18. The fraction of sp³-hybridized carbons (Fsp3) is 0.333. The molecule has 7 nitrogen and oxygen atoms in total. The summed E-state index contributed by atoms with van der Waals surface area (Å²) in [5, 5.41) is 13.1. The van der Waals surface area contributed by atoms with Crippen LogP contribution >= 0.6 is 0 Å². The standard InChI is InChI=1S/C12H14FN5O2/c1-8(12-9(13)4-3-5-10(12)20-2)15-11(19)6-18-7-14-16-17-18/h3-5,7-8H,6H2,1-2H3,(H,15,19)/t8-/m0/s1. The van der Waals surface area contributed by atoms with Crippen LogP contribution in [0.1, 0.15) is 18.5 Å². The van der Waals surface area contributed by atoms with Crippen LogP contribution in [0, 0.1) is 5.82 Å². The molecule has 0 fully saturated rings. The third-order valence-corrected chi connectivity index (χ3v) is 2.74. The summed E-state index contributed by atoms with van der Waals surface area (Å²) in [6.45, 7) is 1.65. The number of hydrogen-bond acceptors (Lipinski definition) is 5. The van der Waals surface area contributed by atoms with Crippen LogP contribution in [0.4, 0.5) is 4.39 Å². The molecular weight excluding hydrogens is 265 g/mol. The molecule has 1 heterocycles. The largest absolute Gasteiger partial charge is 0.496 e. The molecule has 1 aromatic heterocycles. The number of ether oxygens (including phenoxy) is 1. The highest BCUT2D eigenvalue weighted by atomic mass is 19.1. The van der Waals surface area contributed by atoms with Crippen LogP contribution in [-0.2, 0) is 11.3 Å². The van der Waals surface area contributed by atoms with E-state index in [-0.39, 0.29) is 12.5 Å². The Bertz CT molecular complexity index is 588. The molecule has 0 saturated heterocycles. The summed E-state index contributed by atoms with van der Waals surface area (Å²) in [4.78, 5) is 11.8. The predicted octanol–water partition coefficient (Wildman–Crippen LogP) is 0.698. The molecule has 1 aromatic carbocycles. The summed E-state index contributed by atoms with van der Waals surface area (Å²) in [5.41, 5.74) is 0.306. The van der Waals surface area contributed by atoms with Crippen LogP contribution in [-0.4, -0.2) is 33.2 Å². The second kappa shape index (κ2) is 6.09. The lowest BCUT2D eigenvalue weighted by Crippen LogP contribution is -2.31. The number of carbonyl (C=O) groups is 1. The van der Waals surface area contributed by atoms with E-state index >= 15 is 0 Å². The smallest absolute Gasteiger partial charge is 0.242 e. The van der Waals surface area contributed by atoms with Gasteiger partial charge in [-0.05, 0) is 29.5 Å². The number of benzene rings is 1. The topological polar surface area (TPSA) is 81.9 Å². The number of nitrogens with one attached hydrogen (secondary N) is 1. The van der Waals surface area contributed by atoms with Gasteiger partial charge in [-0.25, -0.2) is 9.07 Å². The normalized spacial score (nSPS) is 11.9. The molecule has 0 radical (unpaired) electrons. The van der Waals surface area contributed by atoms with Crippen molar-refractivity contribution in [1.29, 1.82) is 0 Å². The van der Waals surface area contributed by atoms with Crippen molar-refractivity contribution in [3.05, 3.63) is 35.9 Å². The molecular formula is C12H14FN5O2. The second-order valence-electron chi connectivity index (χ2n) is 4.15. The van der Waals surface area contributed by atoms with E-state index in [0.717, 1.165) is 0 Å². The lowest BCUT2D eigenvalue weighted by molar-refractivity contribution is -0.122. The highest BCUT2D eigenvalue weighted by Crippen LogP contribution is 2.27. The van der Waals surface area contributed by atoms with Gasteiger partial charge in [-0.1, -0.05) is 6.07 Å². The maximum atomic E-state index is 13.8. The molecule has 0 unspecified atom stereocenters. The van der Waals surface area contributed by atoms with E-state index in [0.29, 0.717) is 11.3 Å². The average molecular weight is 279 g/mol. The van der Waals surface area contributed by atoms with Crippen molar-refractivity contribution in [2.45, 2.75) is 19.5 Å².